The molecule has 5 heteroatoms. The third-order valence-electron chi connectivity index (χ3n) is 3.36. The molecule has 1 aliphatic rings. The molecular weight excluding hydrogens is 258 g/mol. The maximum atomic E-state index is 11.8. The zero-order chi connectivity index (χ0) is 14.5. The molecule has 1 aliphatic carbocycles. The SMILES string of the molecule is CCO[C@H]1C[C@H]1C(=O)NCCc1ccc(C(=O)O)cc1. The lowest BCUT2D eigenvalue weighted by Crippen LogP contribution is -2.28. The van der Waals surface area contributed by atoms with Gasteiger partial charge in [0, 0.05) is 13.2 Å². The molecule has 0 radical (unpaired) electrons. The summed E-state index contributed by atoms with van der Waals surface area (Å²) in [5.74, 6) is -0.879. The first kappa shape index (κ1) is 14.5. The van der Waals surface area contributed by atoms with Crippen molar-refractivity contribution < 1.29 is 19.4 Å². The van der Waals surface area contributed by atoms with E-state index in [0.717, 1.165) is 12.0 Å². The van der Waals surface area contributed by atoms with Crippen molar-refractivity contribution in [1.82, 2.24) is 5.32 Å². The molecule has 0 aromatic heterocycles. The van der Waals surface area contributed by atoms with Gasteiger partial charge in [0.1, 0.15) is 0 Å². The lowest BCUT2D eigenvalue weighted by atomic mass is 10.1. The first-order chi connectivity index (χ1) is 9.61. The second-order valence-corrected chi connectivity index (χ2v) is 4.88. The monoisotopic (exact) mass is 277 g/mol. The van der Waals surface area contributed by atoms with Crippen LogP contribution < -0.4 is 5.32 Å². The van der Waals surface area contributed by atoms with Gasteiger partial charge in [-0.15, -0.1) is 0 Å². The number of aromatic carboxylic acids is 1. The van der Waals surface area contributed by atoms with Gasteiger partial charge in [-0.1, -0.05) is 12.1 Å². The quantitative estimate of drug-likeness (QED) is 0.791. The maximum Gasteiger partial charge on any atom is 0.335 e. The van der Waals surface area contributed by atoms with Crippen LogP contribution in [0.3, 0.4) is 0 Å². The Hall–Kier alpha value is -1.88. The predicted molar refractivity (Wildman–Crippen MR) is 73.6 cm³/mol. The maximum absolute atomic E-state index is 11.8. The van der Waals surface area contributed by atoms with E-state index in [-0.39, 0.29) is 23.5 Å². The highest BCUT2D eigenvalue weighted by molar-refractivity contribution is 5.87. The van der Waals surface area contributed by atoms with Gasteiger partial charge in [-0.3, -0.25) is 4.79 Å². The fraction of sp³-hybridized carbons (Fsp3) is 0.467. The first-order valence-corrected chi connectivity index (χ1v) is 6.83. The molecular formula is C15H19NO4. The molecule has 2 rings (SSSR count). The van der Waals surface area contributed by atoms with Crippen molar-refractivity contribution in [3.63, 3.8) is 0 Å². The molecule has 1 fully saturated rings. The van der Waals surface area contributed by atoms with Crippen LogP contribution in [0, 0.1) is 5.92 Å². The van der Waals surface area contributed by atoms with Crippen molar-refractivity contribution in [3.05, 3.63) is 35.4 Å². The topological polar surface area (TPSA) is 75.6 Å². The number of hydrogen-bond acceptors (Lipinski definition) is 3. The smallest absolute Gasteiger partial charge is 0.335 e. The molecule has 1 amide bonds. The minimum Gasteiger partial charge on any atom is -0.478 e. The Morgan fingerprint density at radius 3 is 2.65 bits per heavy atom. The molecule has 0 spiro atoms. The molecule has 0 unspecified atom stereocenters. The van der Waals surface area contributed by atoms with Gasteiger partial charge in [0.2, 0.25) is 5.91 Å². The van der Waals surface area contributed by atoms with Crippen molar-refractivity contribution in [2.75, 3.05) is 13.2 Å². The number of carbonyl (C=O) groups is 2. The van der Waals surface area contributed by atoms with Gasteiger partial charge in [-0.05, 0) is 37.5 Å². The minimum absolute atomic E-state index is 0.00402. The van der Waals surface area contributed by atoms with Crippen LogP contribution in [0.15, 0.2) is 24.3 Å². The summed E-state index contributed by atoms with van der Waals surface area (Å²) in [4.78, 5) is 22.5. The predicted octanol–water partition coefficient (Wildman–Crippen LogP) is 1.47. The van der Waals surface area contributed by atoms with E-state index in [9.17, 15) is 9.59 Å². The molecule has 2 N–H and O–H groups in total. The number of ether oxygens (including phenoxy) is 1. The van der Waals surface area contributed by atoms with Gasteiger partial charge in [-0.2, -0.15) is 0 Å². The summed E-state index contributed by atoms with van der Waals surface area (Å²) in [7, 11) is 0. The van der Waals surface area contributed by atoms with Gasteiger partial charge < -0.3 is 15.2 Å². The number of hydrogen-bond donors (Lipinski definition) is 2. The molecule has 1 aromatic rings. The summed E-state index contributed by atoms with van der Waals surface area (Å²) in [6, 6.07) is 6.70. The Kier molecular flexibility index (Phi) is 4.74. The Morgan fingerprint density at radius 1 is 1.35 bits per heavy atom. The van der Waals surface area contributed by atoms with Crippen LogP contribution in [0.2, 0.25) is 0 Å². The van der Waals surface area contributed by atoms with Crippen LogP contribution in [0.5, 0.6) is 0 Å². The Balaban J connectivity index is 1.71. The minimum atomic E-state index is -0.930. The zero-order valence-corrected chi connectivity index (χ0v) is 11.5. The molecule has 1 saturated carbocycles. The standard InChI is InChI=1S/C15H19NO4/c1-2-20-13-9-12(13)14(17)16-8-7-10-3-5-11(6-4-10)15(18)19/h3-6,12-13H,2,7-9H2,1H3,(H,16,17)(H,18,19)/t12-,13+/m1/s1. The summed E-state index contributed by atoms with van der Waals surface area (Å²) < 4.78 is 5.37. The summed E-state index contributed by atoms with van der Waals surface area (Å²) in [5, 5.41) is 11.7. The van der Waals surface area contributed by atoms with Crippen molar-refractivity contribution in [1.29, 1.82) is 0 Å². The summed E-state index contributed by atoms with van der Waals surface area (Å²) >= 11 is 0. The van der Waals surface area contributed by atoms with Crippen LogP contribution in [-0.4, -0.2) is 36.2 Å². The number of carboxylic acids is 1. The van der Waals surface area contributed by atoms with Crippen molar-refractivity contribution >= 4 is 11.9 Å². The van der Waals surface area contributed by atoms with E-state index < -0.39 is 5.97 Å². The zero-order valence-electron chi connectivity index (χ0n) is 11.5. The molecule has 0 aliphatic heterocycles. The fourth-order valence-electron chi connectivity index (χ4n) is 2.12. The van der Waals surface area contributed by atoms with E-state index in [2.05, 4.69) is 5.32 Å². The molecule has 20 heavy (non-hydrogen) atoms. The Labute approximate surface area is 117 Å². The number of carbonyl (C=O) groups excluding carboxylic acids is 1. The van der Waals surface area contributed by atoms with Crippen LogP contribution in [0.25, 0.3) is 0 Å². The van der Waals surface area contributed by atoms with Crippen LogP contribution in [-0.2, 0) is 16.0 Å². The lowest BCUT2D eigenvalue weighted by Gasteiger charge is -2.05. The highest BCUT2D eigenvalue weighted by Crippen LogP contribution is 2.33. The van der Waals surface area contributed by atoms with Crippen LogP contribution >= 0.6 is 0 Å². The van der Waals surface area contributed by atoms with Gasteiger partial charge >= 0.3 is 5.97 Å². The Morgan fingerprint density at radius 2 is 2.05 bits per heavy atom. The summed E-state index contributed by atoms with van der Waals surface area (Å²) in [6.45, 7) is 3.12. The van der Waals surface area contributed by atoms with Gasteiger partial charge in [0.15, 0.2) is 0 Å². The van der Waals surface area contributed by atoms with Crippen LogP contribution in [0.4, 0.5) is 0 Å². The molecule has 0 saturated heterocycles. The second kappa shape index (κ2) is 6.52. The van der Waals surface area contributed by atoms with E-state index >= 15 is 0 Å². The fourth-order valence-corrected chi connectivity index (χ4v) is 2.12. The highest BCUT2D eigenvalue weighted by Gasteiger charge is 2.43. The van der Waals surface area contributed by atoms with Crippen LogP contribution in [0.1, 0.15) is 29.3 Å². The molecule has 0 bridgehead atoms. The summed E-state index contributed by atoms with van der Waals surface area (Å²) in [6.07, 6.45) is 1.60. The van der Waals surface area contributed by atoms with Gasteiger partial charge in [0.25, 0.3) is 0 Å². The van der Waals surface area contributed by atoms with Gasteiger partial charge in [-0.25, -0.2) is 4.79 Å². The molecule has 5 nitrogen and oxygen atoms in total. The van der Waals surface area contributed by atoms with E-state index in [1.165, 1.54) is 0 Å². The Bertz CT molecular complexity index is 483. The summed E-state index contributed by atoms with van der Waals surface area (Å²) in [5.41, 5.74) is 1.28. The average molecular weight is 277 g/mol. The molecule has 2 atom stereocenters. The molecule has 0 heterocycles. The number of amides is 1. The average Bonchev–Trinajstić information content (AvgIpc) is 3.19. The molecule has 108 valence electrons. The third-order valence-corrected chi connectivity index (χ3v) is 3.36. The largest absolute Gasteiger partial charge is 0.478 e. The van der Waals surface area contributed by atoms with Gasteiger partial charge in [0.05, 0.1) is 17.6 Å². The normalized spacial score (nSPS) is 20.4. The van der Waals surface area contributed by atoms with Crippen molar-refractivity contribution in [3.8, 4) is 0 Å². The van der Waals surface area contributed by atoms with E-state index in [1.54, 1.807) is 24.3 Å². The number of carboxylic acid groups (broad SMARTS) is 1. The lowest BCUT2D eigenvalue weighted by molar-refractivity contribution is -0.123. The van der Waals surface area contributed by atoms with E-state index in [1.807, 2.05) is 6.92 Å². The highest BCUT2D eigenvalue weighted by atomic mass is 16.5. The number of nitrogens with one attached hydrogen (secondary N) is 1. The van der Waals surface area contributed by atoms with Crippen molar-refractivity contribution in [2.45, 2.75) is 25.9 Å². The molecule has 1 aromatic carbocycles. The van der Waals surface area contributed by atoms with E-state index in [0.29, 0.717) is 19.6 Å². The first-order valence-electron chi connectivity index (χ1n) is 6.83. The number of benzene rings is 1. The second-order valence-electron chi connectivity index (χ2n) is 4.88. The van der Waals surface area contributed by atoms with Crippen molar-refractivity contribution in [2.24, 2.45) is 5.92 Å². The third kappa shape index (κ3) is 3.81. The number of rotatable bonds is 7. The van der Waals surface area contributed by atoms with E-state index in [4.69, 9.17) is 9.84 Å².